The number of carbonyl (C=O) groups is 2. The van der Waals surface area contributed by atoms with Gasteiger partial charge in [-0.15, -0.1) is 0 Å². The monoisotopic (exact) mass is 527 g/mol. The predicted molar refractivity (Wildman–Crippen MR) is 143 cm³/mol. The molecule has 2 amide bonds. The third kappa shape index (κ3) is 6.33. The van der Waals surface area contributed by atoms with E-state index in [9.17, 15) is 18.0 Å². The average molecular weight is 528 g/mol. The highest BCUT2D eigenvalue weighted by Gasteiger charge is 2.34. The molecule has 2 fully saturated rings. The van der Waals surface area contributed by atoms with Gasteiger partial charge in [0.1, 0.15) is 10.6 Å². The maximum absolute atomic E-state index is 13.4. The molecule has 9 heteroatoms. The van der Waals surface area contributed by atoms with E-state index in [0.29, 0.717) is 30.7 Å². The van der Waals surface area contributed by atoms with Crippen LogP contribution >= 0.6 is 0 Å². The first-order valence-corrected chi connectivity index (χ1v) is 14.5. The van der Waals surface area contributed by atoms with E-state index in [1.165, 1.54) is 11.4 Å². The van der Waals surface area contributed by atoms with E-state index >= 15 is 0 Å². The van der Waals surface area contributed by atoms with Crippen molar-refractivity contribution in [3.05, 3.63) is 53.6 Å². The molecule has 0 bridgehead atoms. The number of methoxy groups -OCH3 is 1. The van der Waals surface area contributed by atoms with Crippen molar-refractivity contribution in [2.45, 2.75) is 56.8 Å². The van der Waals surface area contributed by atoms with Gasteiger partial charge in [-0.05, 0) is 67.0 Å². The van der Waals surface area contributed by atoms with E-state index in [2.05, 4.69) is 5.32 Å². The first-order valence-electron chi connectivity index (χ1n) is 13.0. The summed E-state index contributed by atoms with van der Waals surface area (Å²) < 4.78 is 33.6. The van der Waals surface area contributed by atoms with Crippen molar-refractivity contribution >= 4 is 27.5 Å². The maximum Gasteiger partial charge on any atom is 0.246 e. The Morgan fingerprint density at radius 1 is 1.00 bits per heavy atom. The third-order valence-electron chi connectivity index (χ3n) is 7.33. The summed E-state index contributed by atoms with van der Waals surface area (Å²) in [6.45, 7) is 6.25. The van der Waals surface area contributed by atoms with Gasteiger partial charge >= 0.3 is 0 Å². The minimum Gasteiger partial charge on any atom is -0.495 e. The number of hydrogen-bond acceptors (Lipinski definition) is 5. The molecule has 0 spiro atoms. The zero-order valence-electron chi connectivity index (χ0n) is 21.9. The van der Waals surface area contributed by atoms with Crippen molar-refractivity contribution in [2.24, 2.45) is 5.92 Å². The summed E-state index contributed by atoms with van der Waals surface area (Å²) in [6.07, 6.45) is 3.40. The second-order valence-corrected chi connectivity index (χ2v) is 12.1. The smallest absolute Gasteiger partial charge is 0.246 e. The highest BCUT2D eigenvalue weighted by molar-refractivity contribution is 7.89. The van der Waals surface area contributed by atoms with Gasteiger partial charge in [0, 0.05) is 37.8 Å². The van der Waals surface area contributed by atoms with Gasteiger partial charge in [0.15, 0.2) is 0 Å². The van der Waals surface area contributed by atoms with Crippen molar-refractivity contribution in [3.8, 4) is 5.75 Å². The molecule has 2 aliphatic heterocycles. The summed E-state index contributed by atoms with van der Waals surface area (Å²) in [7, 11) is -2.27. The van der Waals surface area contributed by atoms with E-state index in [0.717, 1.165) is 37.1 Å². The lowest BCUT2D eigenvalue weighted by molar-refractivity contribution is -0.129. The standard InChI is InChI=1S/C28H37N3O5S/c1-20(2)23-8-11-25(36-3)26(19-23)37(34,35)31-16-12-22(13-17-31)28(33)29-24-9-6-21(7-10-24)18-27(32)30-14-4-5-15-30/h6-11,19-20,22H,4-5,12-18H2,1-3H3,(H,29,33). The topological polar surface area (TPSA) is 96.0 Å². The Morgan fingerprint density at radius 2 is 1.65 bits per heavy atom. The summed E-state index contributed by atoms with van der Waals surface area (Å²) in [6, 6.07) is 12.7. The maximum atomic E-state index is 13.4. The number of nitrogens with zero attached hydrogens (tertiary/aromatic N) is 2. The SMILES string of the molecule is COc1ccc(C(C)C)cc1S(=O)(=O)N1CCC(C(=O)Nc2ccc(CC(=O)N3CCCC3)cc2)CC1. The van der Waals surface area contributed by atoms with Crippen LogP contribution in [0.15, 0.2) is 47.4 Å². The Bertz CT molecular complexity index is 1210. The first-order chi connectivity index (χ1) is 17.7. The molecule has 200 valence electrons. The van der Waals surface area contributed by atoms with Crippen LogP contribution in [0.5, 0.6) is 5.75 Å². The number of anilines is 1. The van der Waals surface area contributed by atoms with Crippen LogP contribution in [0.1, 0.15) is 56.6 Å². The van der Waals surface area contributed by atoms with E-state index in [1.54, 1.807) is 12.1 Å². The number of likely N-dealkylation sites (tertiary alicyclic amines) is 1. The number of ether oxygens (including phenoxy) is 1. The quantitative estimate of drug-likeness (QED) is 0.559. The molecule has 2 heterocycles. The number of piperidine rings is 1. The van der Waals surface area contributed by atoms with Crippen LogP contribution in [0, 0.1) is 5.92 Å². The number of nitrogens with one attached hydrogen (secondary N) is 1. The zero-order chi connectivity index (χ0) is 26.6. The molecule has 0 unspecified atom stereocenters. The molecule has 0 saturated carbocycles. The van der Waals surface area contributed by atoms with Gasteiger partial charge in [-0.1, -0.05) is 32.0 Å². The van der Waals surface area contributed by atoms with Crippen molar-refractivity contribution < 1.29 is 22.7 Å². The van der Waals surface area contributed by atoms with Crippen LogP contribution in [0.2, 0.25) is 0 Å². The molecule has 8 nitrogen and oxygen atoms in total. The van der Waals surface area contributed by atoms with Gasteiger partial charge in [0.2, 0.25) is 21.8 Å². The van der Waals surface area contributed by atoms with Gasteiger partial charge in [-0.25, -0.2) is 8.42 Å². The van der Waals surface area contributed by atoms with Crippen molar-refractivity contribution in [2.75, 3.05) is 38.6 Å². The first kappa shape index (κ1) is 27.1. The van der Waals surface area contributed by atoms with Crippen LogP contribution in [-0.2, 0) is 26.0 Å². The van der Waals surface area contributed by atoms with E-state index < -0.39 is 10.0 Å². The lowest BCUT2D eigenvalue weighted by Crippen LogP contribution is -2.41. The van der Waals surface area contributed by atoms with Crippen molar-refractivity contribution in [1.82, 2.24) is 9.21 Å². The molecule has 2 aromatic carbocycles. The number of amides is 2. The summed E-state index contributed by atoms with van der Waals surface area (Å²) >= 11 is 0. The molecule has 0 radical (unpaired) electrons. The average Bonchev–Trinajstić information content (AvgIpc) is 3.45. The molecule has 2 aromatic rings. The van der Waals surface area contributed by atoms with Crippen LogP contribution in [0.4, 0.5) is 5.69 Å². The molecule has 1 N–H and O–H groups in total. The molecule has 4 rings (SSSR count). The predicted octanol–water partition coefficient (Wildman–Crippen LogP) is 4.02. The molecule has 0 aliphatic carbocycles. The highest BCUT2D eigenvalue weighted by atomic mass is 32.2. The van der Waals surface area contributed by atoms with Crippen LogP contribution in [0.25, 0.3) is 0 Å². The third-order valence-corrected chi connectivity index (χ3v) is 9.25. The Balaban J connectivity index is 1.33. The minimum absolute atomic E-state index is 0.114. The molecule has 2 aliphatic rings. The summed E-state index contributed by atoms with van der Waals surface area (Å²) in [5.41, 5.74) is 2.53. The van der Waals surface area contributed by atoms with E-state index in [1.807, 2.05) is 49.1 Å². The Morgan fingerprint density at radius 3 is 2.24 bits per heavy atom. The lowest BCUT2D eigenvalue weighted by atomic mass is 9.97. The van der Waals surface area contributed by atoms with E-state index in [4.69, 9.17) is 4.74 Å². The molecule has 37 heavy (non-hydrogen) atoms. The Labute approximate surface area is 220 Å². The van der Waals surface area contributed by atoms with Crippen LogP contribution in [0.3, 0.4) is 0 Å². The second kappa shape index (κ2) is 11.6. The Hall–Kier alpha value is -2.91. The van der Waals surface area contributed by atoms with E-state index in [-0.39, 0.29) is 41.6 Å². The number of sulfonamides is 1. The number of hydrogen-bond donors (Lipinski definition) is 1. The van der Waals surface area contributed by atoms with Crippen molar-refractivity contribution in [3.63, 3.8) is 0 Å². The lowest BCUT2D eigenvalue weighted by Gasteiger charge is -2.31. The fourth-order valence-electron chi connectivity index (χ4n) is 4.95. The van der Waals surface area contributed by atoms with Gasteiger partial charge in [-0.3, -0.25) is 9.59 Å². The summed E-state index contributed by atoms with van der Waals surface area (Å²) in [4.78, 5) is 27.3. The fraction of sp³-hybridized carbons (Fsp3) is 0.500. The summed E-state index contributed by atoms with van der Waals surface area (Å²) in [5.74, 6) is 0.275. The molecule has 0 atom stereocenters. The van der Waals surface area contributed by atoms with Crippen LogP contribution in [-0.4, -0.2) is 62.7 Å². The minimum atomic E-state index is -3.74. The highest BCUT2D eigenvalue weighted by Crippen LogP contribution is 2.32. The van der Waals surface area contributed by atoms with Gasteiger partial charge in [-0.2, -0.15) is 4.31 Å². The molecular weight excluding hydrogens is 490 g/mol. The largest absolute Gasteiger partial charge is 0.495 e. The second-order valence-electron chi connectivity index (χ2n) is 10.2. The van der Waals surface area contributed by atoms with Crippen LogP contribution < -0.4 is 10.1 Å². The zero-order valence-corrected chi connectivity index (χ0v) is 22.7. The number of carbonyl (C=O) groups excluding carboxylic acids is 2. The number of benzene rings is 2. The van der Waals surface area contributed by atoms with Gasteiger partial charge in [0.25, 0.3) is 0 Å². The molecule has 0 aromatic heterocycles. The molecule has 2 saturated heterocycles. The van der Waals surface area contributed by atoms with Gasteiger partial charge < -0.3 is 15.0 Å². The van der Waals surface area contributed by atoms with Gasteiger partial charge in [0.05, 0.1) is 13.5 Å². The fourth-order valence-corrected chi connectivity index (χ4v) is 6.61. The molecular formula is C28H37N3O5S. The number of rotatable bonds is 8. The van der Waals surface area contributed by atoms with Crippen molar-refractivity contribution in [1.29, 1.82) is 0 Å². The summed E-state index contributed by atoms with van der Waals surface area (Å²) in [5, 5.41) is 2.95. The normalized spacial score (nSPS) is 17.2. The Kier molecular flexibility index (Phi) is 8.54.